The fraction of sp³-hybridized carbons (Fsp3) is 0.441. The highest BCUT2D eigenvalue weighted by molar-refractivity contribution is 5.90. The fourth-order valence-electron chi connectivity index (χ4n) is 5.95. The molecule has 0 N–H and O–H groups in total. The maximum Gasteiger partial charge on any atom is 0.334 e. The average molecular weight is 483 g/mol. The van der Waals surface area contributed by atoms with Crippen LogP contribution in [-0.2, 0) is 9.53 Å². The van der Waals surface area contributed by atoms with E-state index in [1.807, 2.05) is 0 Å². The molecule has 2 nitrogen and oxygen atoms in total. The number of allylic oxidation sites excluding steroid dienone is 5. The minimum absolute atomic E-state index is 0.0985. The summed E-state index contributed by atoms with van der Waals surface area (Å²) in [7, 11) is 0. The topological polar surface area (TPSA) is 26.3 Å². The number of benzene rings is 2. The number of rotatable bonds is 8. The summed E-state index contributed by atoms with van der Waals surface area (Å²) in [6.07, 6.45) is 10.8. The Kier molecular flexibility index (Phi) is 8.67. The van der Waals surface area contributed by atoms with Gasteiger partial charge in [-0.3, -0.25) is 0 Å². The summed E-state index contributed by atoms with van der Waals surface area (Å²) in [5.41, 5.74) is 9.98. The minimum Gasteiger partial charge on any atom is -0.461 e. The summed E-state index contributed by atoms with van der Waals surface area (Å²) in [6.45, 7) is 11.4. The van der Waals surface area contributed by atoms with Crippen LogP contribution in [0.1, 0.15) is 90.2 Å². The SMILES string of the molecule is CC(C)=CCC1=C(C(=O)OCC2c3ccccc3-c3ccccc32)CCCCC1C(C)CC=C(C)C. The van der Waals surface area contributed by atoms with Crippen molar-refractivity contribution >= 4 is 5.97 Å². The molecule has 0 aromatic heterocycles. The van der Waals surface area contributed by atoms with Gasteiger partial charge in [-0.05, 0) is 93.9 Å². The van der Waals surface area contributed by atoms with E-state index >= 15 is 0 Å². The molecule has 0 spiro atoms. The number of hydrogen-bond donors (Lipinski definition) is 0. The normalized spacial score (nSPS) is 18.1. The zero-order valence-electron chi connectivity index (χ0n) is 22.8. The van der Waals surface area contributed by atoms with Crippen LogP contribution >= 0.6 is 0 Å². The third-order valence-electron chi connectivity index (χ3n) is 7.93. The van der Waals surface area contributed by atoms with Gasteiger partial charge in [-0.2, -0.15) is 0 Å². The van der Waals surface area contributed by atoms with Gasteiger partial charge in [-0.15, -0.1) is 0 Å². The number of carbonyl (C=O) groups excluding carboxylic acids is 1. The summed E-state index contributed by atoms with van der Waals surface area (Å²) < 4.78 is 6.17. The van der Waals surface area contributed by atoms with Crippen LogP contribution in [-0.4, -0.2) is 12.6 Å². The largest absolute Gasteiger partial charge is 0.461 e. The standard InChI is InChI=1S/C34H42O2/c1-23(2)18-20-25(5)26-12-6-11-17-32(31(26)21-19-24(3)4)34(35)36-22-33-29-15-9-7-13-27(29)28-14-8-10-16-30(28)33/h7-10,13-16,18-19,25-26,33H,6,11-12,17,20-22H2,1-5H3. The van der Waals surface area contributed by atoms with Crippen molar-refractivity contribution in [2.75, 3.05) is 6.61 Å². The molecule has 0 heterocycles. The Hall–Kier alpha value is -2.87. The third-order valence-corrected chi connectivity index (χ3v) is 7.93. The van der Waals surface area contributed by atoms with Gasteiger partial charge in [0.1, 0.15) is 6.61 Å². The molecule has 2 aromatic rings. The van der Waals surface area contributed by atoms with E-state index in [1.165, 1.54) is 45.4 Å². The molecule has 2 aliphatic rings. The smallest absolute Gasteiger partial charge is 0.334 e. The molecule has 2 heteroatoms. The zero-order valence-corrected chi connectivity index (χ0v) is 22.8. The maximum atomic E-state index is 13.7. The van der Waals surface area contributed by atoms with Crippen LogP contribution in [0.5, 0.6) is 0 Å². The molecular weight excluding hydrogens is 440 g/mol. The van der Waals surface area contributed by atoms with E-state index in [1.54, 1.807) is 0 Å². The molecule has 0 aliphatic heterocycles. The summed E-state index contributed by atoms with van der Waals surface area (Å²) in [6, 6.07) is 17.1. The van der Waals surface area contributed by atoms with E-state index < -0.39 is 0 Å². The predicted molar refractivity (Wildman–Crippen MR) is 151 cm³/mol. The first-order valence-electron chi connectivity index (χ1n) is 13.7. The lowest BCUT2D eigenvalue weighted by molar-refractivity contribution is -0.139. The second-order valence-electron chi connectivity index (χ2n) is 11.2. The number of esters is 1. The quantitative estimate of drug-likeness (QED) is 0.277. The Morgan fingerprint density at radius 1 is 0.917 bits per heavy atom. The van der Waals surface area contributed by atoms with Gasteiger partial charge < -0.3 is 4.74 Å². The third kappa shape index (κ3) is 5.91. The molecule has 0 radical (unpaired) electrons. The van der Waals surface area contributed by atoms with Crippen LogP contribution in [0.15, 0.2) is 83.0 Å². The van der Waals surface area contributed by atoms with Crippen molar-refractivity contribution < 1.29 is 9.53 Å². The molecule has 0 saturated carbocycles. The van der Waals surface area contributed by atoms with E-state index in [0.717, 1.165) is 37.7 Å². The lowest BCUT2D eigenvalue weighted by atomic mass is 9.79. The lowest BCUT2D eigenvalue weighted by Crippen LogP contribution is -2.20. The van der Waals surface area contributed by atoms with E-state index in [2.05, 4.69) is 95.3 Å². The monoisotopic (exact) mass is 482 g/mol. The van der Waals surface area contributed by atoms with Gasteiger partial charge in [0.2, 0.25) is 0 Å². The molecular formula is C34H42O2. The molecule has 0 fully saturated rings. The van der Waals surface area contributed by atoms with Crippen molar-refractivity contribution in [1.82, 2.24) is 0 Å². The van der Waals surface area contributed by atoms with Crippen LogP contribution < -0.4 is 0 Å². The van der Waals surface area contributed by atoms with E-state index in [-0.39, 0.29) is 11.9 Å². The predicted octanol–water partition coefficient (Wildman–Crippen LogP) is 9.18. The van der Waals surface area contributed by atoms with Crippen molar-refractivity contribution in [3.63, 3.8) is 0 Å². The Morgan fingerprint density at radius 2 is 1.53 bits per heavy atom. The van der Waals surface area contributed by atoms with E-state index in [0.29, 0.717) is 18.4 Å². The van der Waals surface area contributed by atoms with Crippen LogP contribution in [0.25, 0.3) is 11.1 Å². The molecule has 2 atom stereocenters. The van der Waals surface area contributed by atoms with Gasteiger partial charge in [-0.25, -0.2) is 4.79 Å². The van der Waals surface area contributed by atoms with Crippen molar-refractivity contribution in [1.29, 1.82) is 0 Å². The van der Waals surface area contributed by atoms with Crippen LogP contribution in [0.3, 0.4) is 0 Å². The Bertz CT molecular complexity index is 1130. The summed E-state index contributed by atoms with van der Waals surface area (Å²) in [5, 5.41) is 0. The van der Waals surface area contributed by atoms with Gasteiger partial charge in [0.15, 0.2) is 0 Å². The van der Waals surface area contributed by atoms with Gasteiger partial charge in [0.05, 0.1) is 0 Å². The number of hydrogen-bond acceptors (Lipinski definition) is 2. The number of ether oxygens (including phenoxy) is 1. The highest BCUT2D eigenvalue weighted by atomic mass is 16.5. The van der Waals surface area contributed by atoms with Gasteiger partial charge in [0.25, 0.3) is 0 Å². The van der Waals surface area contributed by atoms with Crippen LogP contribution in [0.2, 0.25) is 0 Å². The van der Waals surface area contributed by atoms with Crippen molar-refractivity contribution in [3.05, 3.63) is 94.1 Å². The molecule has 2 aromatic carbocycles. The Morgan fingerprint density at radius 3 is 2.14 bits per heavy atom. The molecule has 0 bridgehead atoms. The fourth-order valence-corrected chi connectivity index (χ4v) is 5.95. The van der Waals surface area contributed by atoms with Gasteiger partial charge in [-0.1, -0.05) is 90.7 Å². The van der Waals surface area contributed by atoms with Crippen LogP contribution in [0, 0.1) is 11.8 Å². The Balaban J connectivity index is 1.61. The molecule has 0 saturated heterocycles. The second kappa shape index (κ2) is 11.9. The first-order valence-corrected chi connectivity index (χ1v) is 13.7. The zero-order chi connectivity index (χ0) is 25.7. The minimum atomic E-state index is -0.102. The number of fused-ring (bicyclic) bond motifs is 3. The highest BCUT2D eigenvalue weighted by Gasteiger charge is 2.32. The lowest BCUT2D eigenvalue weighted by Gasteiger charge is -2.26. The first-order chi connectivity index (χ1) is 17.4. The molecule has 2 unspecified atom stereocenters. The molecule has 0 amide bonds. The summed E-state index contributed by atoms with van der Waals surface area (Å²) >= 11 is 0. The van der Waals surface area contributed by atoms with Crippen molar-refractivity contribution in [2.45, 2.75) is 79.1 Å². The maximum absolute atomic E-state index is 13.7. The van der Waals surface area contributed by atoms with Crippen molar-refractivity contribution in [3.8, 4) is 11.1 Å². The highest BCUT2D eigenvalue weighted by Crippen LogP contribution is 2.45. The van der Waals surface area contributed by atoms with Crippen LogP contribution in [0.4, 0.5) is 0 Å². The second-order valence-corrected chi connectivity index (χ2v) is 11.2. The summed E-state index contributed by atoms with van der Waals surface area (Å²) in [4.78, 5) is 13.7. The Labute approximate surface area is 218 Å². The first kappa shape index (κ1) is 26.2. The van der Waals surface area contributed by atoms with Crippen molar-refractivity contribution in [2.24, 2.45) is 11.8 Å². The van der Waals surface area contributed by atoms with Gasteiger partial charge >= 0.3 is 5.97 Å². The van der Waals surface area contributed by atoms with E-state index in [9.17, 15) is 4.79 Å². The van der Waals surface area contributed by atoms with Gasteiger partial charge in [0, 0.05) is 11.5 Å². The molecule has 4 rings (SSSR count). The van der Waals surface area contributed by atoms with E-state index in [4.69, 9.17) is 4.74 Å². The average Bonchev–Trinajstić information content (AvgIpc) is 3.02. The molecule has 36 heavy (non-hydrogen) atoms. The number of carbonyl (C=O) groups is 1. The summed E-state index contributed by atoms with van der Waals surface area (Å²) in [5.74, 6) is 0.931. The molecule has 190 valence electrons. The molecule has 2 aliphatic carbocycles.